The fourth-order valence-corrected chi connectivity index (χ4v) is 6.74. The van der Waals surface area contributed by atoms with Crippen molar-refractivity contribution in [3.05, 3.63) is 39.8 Å². The highest BCUT2D eigenvalue weighted by Crippen LogP contribution is 2.56. The van der Waals surface area contributed by atoms with E-state index in [2.05, 4.69) is 59.7 Å². The number of hydrogen-bond acceptors (Lipinski definition) is 4. The fourth-order valence-electron chi connectivity index (χ4n) is 5.15. The van der Waals surface area contributed by atoms with Gasteiger partial charge in [0.05, 0.1) is 5.00 Å². The average Bonchev–Trinajstić information content (AvgIpc) is 3.02. The van der Waals surface area contributed by atoms with Crippen LogP contribution in [0.2, 0.25) is 0 Å². The van der Waals surface area contributed by atoms with Gasteiger partial charge in [0, 0.05) is 22.0 Å². The van der Waals surface area contributed by atoms with E-state index in [9.17, 15) is 9.90 Å². The summed E-state index contributed by atoms with van der Waals surface area (Å²) in [5.41, 5.74) is 3.85. The maximum atomic E-state index is 11.5. The second kappa shape index (κ2) is 8.83. The van der Waals surface area contributed by atoms with E-state index in [1.165, 1.54) is 28.8 Å². The maximum absolute atomic E-state index is 11.5. The van der Waals surface area contributed by atoms with E-state index in [0.29, 0.717) is 11.8 Å². The molecule has 1 aliphatic rings. The van der Waals surface area contributed by atoms with Crippen molar-refractivity contribution in [2.75, 3.05) is 11.9 Å². The van der Waals surface area contributed by atoms with E-state index >= 15 is 0 Å². The number of hydrogen-bond donors (Lipinski definition) is 2. The number of carbonyl (C=O) groups is 1. The van der Waals surface area contributed by atoms with Crippen LogP contribution in [0.5, 0.6) is 5.75 Å². The average molecular weight is 454 g/mol. The summed E-state index contributed by atoms with van der Waals surface area (Å²) in [5, 5.41) is 14.1. The summed E-state index contributed by atoms with van der Waals surface area (Å²) in [4.78, 5) is 13.0. The number of thiophene rings is 1. The first-order valence-electron chi connectivity index (χ1n) is 11.2. The summed E-state index contributed by atoms with van der Waals surface area (Å²) in [6.07, 6.45) is 7.70. The third-order valence-corrected chi connectivity index (χ3v) is 8.27. The molecule has 1 heterocycles. The Kier molecular flexibility index (Phi) is 6.67. The standard InChI is InChI=1S/C27H35NO3S/c1-9-12-31-21-14-19(10-11-20(21)25(29)30)28-24-17(4)22-23(32-24)27(7,8)18(13-16(2)3)15-26(22,5)6/h1,10-11,14,16,18,28H,12-13,15H2,2-8H3,(H,29,30). The van der Waals surface area contributed by atoms with Crippen molar-refractivity contribution in [3.63, 3.8) is 0 Å². The minimum Gasteiger partial charge on any atom is -0.480 e. The zero-order valence-corrected chi connectivity index (χ0v) is 21.1. The summed E-state index contributed by atoms with van der Waals surface area (Å²) in [6, 6.07) is 5.06. The van der Waals surface area contributed by atoms with Gasteiger partial charge in [-0.2, -0.15) is 0 Å². The lowest BCUT2D eigenvalue weighted by atomic mass is 9.58. The van der Waals surface area contributed by atoms with Crippen molar-refractivity contribution < 1.29 is 14.6 Å². The maximum Gasteiger partial charge on any atom is 0.339 e. The molecule has 0 saturated carbocycles. The molecule has 32 heavy (non-hydrogen) atoms. The molecule has 1 aromatic carbocycles. The Morgan fingerprint density at radius 2 is 2.03 bits per heavy atom. The lowest BCUT2D eigenvalue weighted by Crippen LogP contribution is -2.41. The Morgan fingerprint density at radius 3 is 2.62 bits per heavy atom. The summed E-state index contributed by atoms with van der Waals surface area (Å²) >= 11 is 1.83. The van der Waals surface area contributed by atoms with E-state index in [1.54, 1.807) is 18.2 Å². The van der Waals surface area contributed by atoms with Gasteiger partial charge in [0.25, 0.3) is 0 Å². The number of carboxylic acids is 1. The van der Waals surface area contributed by atoms with Crippen LogP contribution in [0.4, 0.5) is 10.7 Å². The number of ether oxygens (including phenoxy) is 1. The quantitative estimate of drug-likeness (QED) is 0.438. The molecule has 0 saturated heterocycles. The highest BCUT2D eigenvalue weighted by molar-refractivity contribution is 7.16. The second-order valence-electron chi connectivity index (χ2n) is 10.5. The summed E-state index contributed by atoms with van der Waals surface area (Å²) < 4.78 is 5.50. The van der Waals surface area contributed by atoms with Gasteiger partial charge in [-0.1, -0.05) is 47.5 Å². The van der Waals surface area contributed by atoms with Gasteiger partial charge in [-0.25, -0.2) is 4.79 Å². The van der Waals surface area contributed by atoms with Crippen molar-refractivity contribution in [2.45, 2.75) is 72.1 Å². The van der Waals surface area contributed by atoms with Gasteiger partial charge >= 0.3 is 5.97 Å². The molecule has 0 bridgehead atoms. The molecule has 0 fully saturated rings. The van der Waals surface area contributed by atoms with Crippen LogP contribution in [-0.2, 0) is 10.8 Å². The molecular formula is C27H35NO3S. The largest absolute Gasteiger partial charge is 0.480 e. The van der Waals surface area contributed by atoms with Crippen molar-refractivity contribution in [3.8, 4) is 18.1 Å². The fraction of sp³-hybridized carbons (Fsp3) is 0.519. The Hall–Kier alpha value is -2.45. The van der Waals surface area contributed by atoms with Gasteiger partial charge in [-0.15, -0.1) is 17.8 Å². The molecule has 172 valence electrons. The molecule has 2 N–H and O–H groups in total. The Morgan fingerprint density at radius 1 is 1.34 bits per heavy atom. The number of terminal acetylenes is 1. The van der Waals surface area contributed by atoms with Crippen molar-refractivity contribution >= 4 is 28.0 Å². The molecule has 0 aliphatic heterocycles. The molecule has 2 aromatic rings. The van der Waals surface area contributed by atoms with Crippen LogP contribution >= 0.6 is 11.3 Å². The lowest BCUT2D eigenvalue weighted by molar-refractivity contribution is 0.0693. The third-order valence-electron chi connectivity index (χ3n) is 6.72. The zero-order valence-electron chi connectivity index (χ0n) is 20.3. The molecule has 5 heteroatoms. The van der Waals surface area contributed by atoms with E-state index < -0.39 is 5.97 Å². The molecule has 1 aliphatic carbocycles. The number of rotatable bonds is 7. The predicted molar refractivity (Wildman–Crippen MR) is 134 cm³/mol. The molecule has 1 aromatic heterocycles. The van der Waals surface area contributed by atoms with Crippen molar-refractivity contribution in [1.82, 2.24) is 0 Å². The first-order chi connectivity index (χ1) is 14.9. The highest BCUT2D eigenvalue weighted by Gasteiger charge is 2.46. The van der Waals surface area contributed by atoms with Crippen LogP contribution in [0.1, 0.15) is 80.7 Å². The van der Waals surface area contributed by atoms with Gasteiger partial charge in [0.2, 0.25) is 0 Å². The topological polar surface area (TPSA) is 58.6 Å². The number of carboxylic acid groups (broad SMARTS) is 1. The van der Waals surface area contributed by atoms with Crippen LogP contribution in [0, 0.1) is 31.1 Å². The molecule has 0 spiro atoms. The number of aromatic carboxylic acids is 1. The van der Waals surface area contributed by atoms with E-state index in [-0.39, 0.29) is 28.7 Å². The Bertz CT molecular complexity index is 1060. The predicted octanol–water partition coefficient (Wildman–Crippen LogP) is 7.13. The van der Waals surface area contributed by atoms with E-state index in [0.717, 1.165) is 10.7 Å². The first kappa shape index (κ1) is 24.2. The van der Waals surface area contributed by atoms with Crippen molar-refractivity contribution in [2.24, 2.45) is 11.8 Å². The number of nitrogens with one attached hydrogen (secondary N) is 1. The summed E-state index contributed by atoms with van der Waals surface area (Å²) in [7, 11) is 0. The van der Waals surface area contributed by atoms with Crippen LogP contribution in [0.15, 0.2) is 18.2 Å². The van der Waals surface area contributed by atoms with Crippen LogP contribution in [-0.4, -0.2) is 17.7 Å². The van der Waals surface area contributed by atoms with E-state index in [1.807, 2.05) is 11.3 Å². The van der Waals surface area contributed by atoms with Crippen molar-refractivity contribution in [1.29, 1.82) is 0 Å². The Balaban J connectivity index is 2.02. The molecule has 3 rings (SSSR count). The summed E-state index contributed by atoms with van der Waals surface area (Å²) in [6.45, 7) is 16.4. The minimum atomic E-state index is -1.04. The number of fused-ring (bicyclic) bond motifs is 1. The van der Waals surface area contributed by atoms with Crippen LogP contribution in [0.3, 0.4) is 0 Å². The molecule has 0 amide bonds. The smallest absolute Gasteiger partial charge is 0.339 e. The van der Waals surface area contributed by atoms with Crippen LogP contribution < -0.4 is 10.1 Å². The normalized spacial score (nSPS) is 18.7. The SMILES string of the molecule is C#CCOc1cc(Nc2sc3c(c2C)C(C)(C)CC(CC(C)C)C3(C)C)ccc1C(=O)O. The number of benzene rings is 1. The van der Waals surface area contributed by atoms with Gasteiger partial charge < -0.3 is 15.2 Å². The molecule has 1 atom stereocenters. The lowest BCUT2D eigenvalue weighted by Gasteiger charge is -2.47. The Labute approximate surface area is 196 Å². The van der Waals surface area contributed by atoms with Gasteiger partial charge in [0.1, 0.15) is 17.9 Å². The first-order valence-corrected chi connectivity index (χ1v) is 12.0. The minimum absolute atomic E-state index is 0.0235. The highest BCUT2D eigenvalue weighted by atomic mass is 32.1. The number of anilines is 2. The summed E-state index contributed by atoms with van der Waals surface area (Å²) in [5.74, 6) is 2.94. The second-order valence-corrected chi connectivity index (χ2v) is 11.6. The monoisotopic (exact) mass is 453 g/mol. The third kappa shape index (κ3) is 4.52. The van der Waals surface area contributed by atoms with Crippen LogP contribution in [0.25, 0.3) is 0 Å². The molecule has 1 unspecified atom stereocenters. The molecule has 0 radical (unpaired) electrons. The molecule has 4 nitrogen and oxygen atoms in total. The van der Waals surface area contributed by atoms with E-state index in [4.69, 9.17) is 11.2 Å². The molecular weight excluding hydrogens is 418 g/mol. The zero-order chi connectivity index (χ0) is 23.8. The van der Waals surface area contributed by atoms with Gasteiger partial charge in [-0.3, -0.25) is 0 Å². The van der Waals surface area contributed by atoms with Gasteiger partial charge in [-0.05, 0) is 60.3 Å². The van der Waals surface area contributed by atoms with Gasteiger partial charge in [0.15, 0.2) is 0 Å².